The number of aliphatic carboxylic acids is 1. The van der Waals surface area contributed by atoms with Crippen molar-refractivity contribution >= 4 is 17.9 Å². The number of ether oxygens (including phenoxy) is 4. The maximum Gasteiger partial charge on any atom is 0.306 e. The van der Waals surface area contributed by atoms with Gasteiger partial charge in [-0.25, -0.2) is 0 Å². The van der Waals surface area contributed by atoms with Crippen LogP contribution >= 0.6 is 0 Å². The molecule has 0 bridgehead atoms. The summed E-state index contributed by atoms with van der Waals surface area (Å²) in [5.41, 5.74) is 0. The number of unbranched alkanes of at least 4 members (excludes halogenated alkanes) is 49. The van der Waals surface area contributed by atoms with E-state index in [2.05, 4.69) is 123 Å². The van der Waals surface area contributed by atoms with Gasteiger partial charge in [0.1, 0.15) is 13.2 Å². The van der Waals surface area contributed by atoms with Crippen molar-refractivity contribution in [2.45, 2.75) is 424 Å². The molecular weight excluding hydrogens is 1270 g/mol. The number of carboxylic acid groups (broad SMARTS) is 1. The van der Waals surface area contributed by atoms with E-state index in [1.54, 1.807) is 0 Å². The van der Waals surface area contributed by atoms with Crippen molar-refractivity contribution in [3.63, 3.8) is 0 Å². The molecule has 9 heteroatoms. The summed E-state index contributed by atoms with van der Waals surface area (Å²) in [6, 6.07) is 0. The molecule has 0 rings (SSSR count). The number of hydrogen-bond acceptors (Lipinski definition) is 8. The number of carbonyl (C=O) groups is 3. The molecule has 0 aromatic carbocycles. The topological polar surface area (TPSA) is 111 Å². The van der Waals surface area contributed by atoms with Gasteiger partial charge in [-0.2, -0.15) is 0 Å². The zero-order valence-electron chi connectivity index (χ0n) is 68.4. The molecule has 0 aliphatic carbocycles. The van der Waals surface area contributed by atoms with Crippen LogP contribution in [0.1, 0.15) is 412 Å². The summed E-state index contributed by atoms with van der Waals surface area (Å²) in [6.07, 6.45) is 115. The zero-order chi connectivity index (χ0) is 74.6. The van der Waals surface area contributed by atoms with Crippen LogP contribution in [0.15, 0.2) is 109 Å². The predicted molar refractivity (Wildman–Crippen MR) is 444 cm³/mol. The molecule has 0 N–H and O–H groups in total. The maximum absolute atomic E-state index is 13.0. The van der Waals surface area contributed by atoms with Crippen LogP contribution in [0.4, 0.5) is 0 Å². The van der Waals surface area contributed by atoms with Crippen LogP contribution in [-0.4, -0.2) is 82.3 Å². The number of quaternary nitrogens is 1. The van der Waals surface area contributed by atoms with Gasteiger partial charge in [-0.15, -0.1) is 0 Å². The first-order valence-corrected chi connectivity index (χ1v) is 44.0. The highest BCUT2D eigenvalue weighted by molar-refractivity contribution is 5.70. The van der Waals surface area contributed by atoms with E-state index >= 15 is 0 Å². The fraction of sp³-hybridized carbons (Fsp3) is 0.777. The molecule has 596 valence electrons. The van der Waals surface area contributed by atoms with E-state index < -0.39 is 24.3 Å². The molecule has 0 radical (unpaired) electrons. The number of carbonyl (C=O) groups excluding carboxylic acids is 3. The van der Waals surface area contributed by atoms with Crippen LogP contribution in [0.2, 0.25) is 0 Å². The highest BCUT2D eigenvalue weighted by Gasteiger charge is 2.22. The average molecular weight is 1440 g/mol. The van der Waals surface area contributed by atoms with Crippen LogP contribution in [0.5, 0.6) is 0 Å². The van der Waals surface area contributed by atoms with Gasteiger partial charge in [0.05, 0.1) is 40.3 Å². The predicted octanol–water partition coefficient (Wildman–Crippen LogP) is 27.5. The largest absolute Gasteiger partial charge is 0.545 e. The van der Waals surface area contributed by atoms with Crippen molar-refractivity contribution in [2.24, 2.45) is 0 Å². The maximum atomic E-state index is 13.0. The third kappa shape index (κ3) is 85.1. The van der Waals surface area contributed by atoms with Gasteiger partial charge in [0, 0.05) is 12.8 Å². The van der Waals surface area contributed by atoms with E-state index in [-0.39, 0.29) is 32.2 Å². The minimum Gasteiger partial charge on any atom is -0.545 e. The molecule has 9 nitrogen and oxygen atoms in total. The van der Waals surface area contributed by atoms with Crippen LogP contribution < -0.4 is 5.11 Å². The molecule has 0 saturated carbocycles. The standard InChI is InChI=1S/C94H167NO8/c1-6-8-10-12-14-16-18-20-22-24-26-28-30-32-34-36-38-40-42-44-45-46-47-49-51-53-55-57-59-61-63-65-67-69-71-73-75-77-79-81-83-85-92(97)103-90(89-102-94(93(98)99)100-87-86-95(3,4)5)88-101-91(96)84-82-80-78-76-74-72-70-68-66-64-62-60-58-56-54-52-50-48-43-41-39-37-35-33-31-29-27-25-23-21-19-17-15-13-11-9-7-2/h8,10,14,16,20,22,25-28,32,34,38,40,44-45,47,49,90,94H,6-7,9,11-13,15,17-19,21,23-24,29-31,33,35-37,39,41-43,46,48,50-89H2,1-5H3/b10-8-,16-14-,22-20-,27-25-,28-26-,34-32-,40-38-,45-44-,49-47-. The second-order valence-corrected chi connectivity index (χ2v) is 30.8. The van der Waals surface area contributed by atoms with Crippen molar-refractivity contribution in [1.29, 1.82) is 0 Å². The van der Waals surface area contributed by atoms with Gasteiger partial charge in [0.2, 0.25) is 0 Å². The Labute approximate surface area is 638 Å². The molecule has 103 heavy (non-hydrogen) atoms. The number of rotatable bonds is 82. The lowest BCUT2D eigenvalue weighted by Crippen LogP contribution is -2.44. The van der Waals surface area contributed by atoms with Crippen molar-refractivity contribution in [3.05, 3.63) is 109 Å². The first kappa shape index (κ1) is 98.9. The highest BCUT2D eigenvalue weighted by atomic mass is 16.7. The van der Waals surface area contributed by atoms with Crippen LogP contribution in [-0.2, 0) is 33.3 Å². The molecule has 0 amide bonds. The molecule has 0 aliphatic rings. The summed E-state index contributed by atoms with van der Waals surface area (Å²) in [6.45, 7) is 4.69. The number of allylic oxidation sites excluding steroid dienone is 18. The number of nitrogens with zero attached hydrogens (tertiary/aromatic N) is 1. The SMILES string of the molecule is CC/C=C\C/C=C\C/C=C\C/C=C\C/C=C\C/C=C\C/C=C\C/C=C\CCCCCCCCCCCCCCCCCCC(=O)OC(COC(=O)CCCCCCCCCCCCCCCCCCCCCCCCCCC/C=C\CCCCCCCCCC)COC(OCC[N+](C)(C)C)C(=O)[O-]. The van der Waals surface area contributed by atoms with Gasteiger partial charge in [0.15, 0.2) is 12.4 Å². The van der Waals surface area contributed by atoms with Gasteiger partial charge >= 0.3 is 11.9 Å². The van der Waals surface area contributed by atoms with E-state index in [1.165, 1.54) is 289 Å². The Morgan fingerprint density at radius 2 is 0.553 bits per heavy atom. The molecule has 0 spiro atoms. The number of hydrogen-bond donors (Lipinski definition) is 0. The minimum atomic E-state index is -1.63. The number of esters is 2. The summed E-state index contributed by atoms with van der Waals surface area (Å²) in [4.78, 5) is 37.7. The highest BCUT2D eigenvalue weighted by Crippen LogP contribution is 2.20. The first-order chi connectivity index (χ1) is 50.6. The molecule has 0 heterocycles. The lowest BCUT2D eigenvalue weighted by atomic mass is 10.0. The quantitative estimate of drug-likeness (QED) is 0.0195. The Bertz CT molecular complexity index is 2070. The van der Waals surface area contributed by atoms with Crippen molar-refractivity contribution in [3.8, 4) is 0 Å². The third-order valence-electron chi connectivity index (χ3n) is 19.5. The Kier molecular flexibility index (Phi) is 80.3. The van der Waals surface area contributed by atoms with E-state index in [9.17, 15) is 19.5 Å². The summed E-state index contributed by atoms with van der Waals surface area (Å²) in [5, 5.41) is 11.9. The Morgan fingerprint density at radius 3 is 0.835 bits per heavy atom. The Balaban J connectivity index is 3.96. The minimum absolute atomic E-state index is 0.147. The summed E-state index contributed by atoms with van der Waals surface area (Å²) >= 11 is 0. The molecule has 0 aliphatic heterocycles. The second kappa shape index (κ2) is 83.6. The van der Waals surface area contributed by atoms with Crippen molar-refractivity contribution in [2.75, 3.05) is 47.5 Å². The van der Waals surface area contributed by atoms with Crippen LogP contribution in [0.25, 0.3) is 0 Å². The molecule has 0 aromatic heterocycles. The first-order valence-electron chi connectivity index (χ1n) is 44.0. The lowest BCUT2D eigenvalue weighted by Gasteiger charge is -2.26. The van der Waals surface area contributed by atoms with Gasteiger partial charge in [-0.05, 0) is 103 Å². The lowest BCUT2D eigenvalue weighted by molar-refractivity contribution is -0.870. The van der Waals surface area contributed by atoms with Gasteiger partial charge < -0.3 is 33.3 Å². The van der Waals surface area contributed by atoms with Crippen molar-refractivity contribution in [1.82, 2.24) is 0 Å². The summed E-state index contributed by atoms with van der Waals surface area (Å²) in [7, 11) is 5.95. The number of carboxylic acids is 1. The summed E-state index contributed by atoms with van der Waals surface area (Å²) < 4.78 is 22.9. The van der Waals surface area contributed by atoms with Gasteiger partial charge in [-0.1, -0.05) is 406 Å². The fourth-order valence-electron chi connectivity index (χ4n) is 12.8. The Morgan fingerprint density at radius 1 is 0.301 bits per heavy atom. The van der Waals surface area contributed by atoms with E-state index in [0.29, 0.717) is 23.9 Å². The zero-order valence-corrected chi connectivity index (χ0v) is 68.4. The van der Waals surface area contributed by atoms with Crippen molar-refractivity contribution < 1.29 is 42.9 Å². The molecule has 0 aromatic rings. The van der Waals surface area contributed by atoms with E-state index in [1.807, 2.05) is 21.1 Å². The normalized spacial score (nSPS) is 13.1. The third-order valence-corrected chi connectivity index (χ3v) is 19.5. The average Bonchev–Trinajstić information content (AvgIpc) is 1.01. The number of likely N-dealkylation sites (N-methyl/N-ethyl adjacent to an activating group) is 1. The van der Waals surface area contributed by atoms with Crippen LogP contribution in [0.3, 0.4) is 0 Å². The van der Waals surface area contributed by atoms with Gasteiger partial charge in [0.25, 0.3) is 0 Å². The monoisotopic (exact) mass is 1440 g/mol. The van der Waals surface area contributed by atoms with Gasteiger partial charge in [-0.3, -0.25) is 9.59 Å². The van der Waals surface area contributed by atoms with Crippen LogP contribution in [0, 0.1) is 0 Å². The second-order valence-electron chi connectivity index (χ2n) is 30.8. The molecule has 2 unspecified atom stereocenters. The molecule has 0 fully saturated rings. The van der Waals surface area contributed by atoms with E-state index in [4.69, 9.17) is 18.9 Å². The molecule has 2 atom stereocenters. The molecule has 0 saturated heterocycles. The van der Waals surface area contributed by atoms with E-state index in [0.717, 1.165) is 89.9 Å². The Hall–Kier alpha value is -4.05. The smallest absolute Gasteiger partial charge is 0.306 e. The fourth-order valence-corrected chi connectivity index (χ4v) is 12.8. The summed E-state index contributed by atoms with van der Waals surface area (Å²) in [5.74, 6) is -2.26. The molecular formula is C94H167NO8.